The van der Waals surface area contributed by atoms with Crippen LogP contribution in [0.15, 0.2) is 42.5 Å². The minimum atomic E-state index is -0.0400. The van der Waals surface area contributed by atoms with Crippen molar-refractivity contribution >= 4 is 23.2 Å². The number of rotatable bonds is 5. The van der Waals surface area contributed by atoms with Crippen LogP contribution in [0, 0.1) is 0 Å². The maximum atomic E-state index is 12.1. The number of carbonyl (C=O) groups excluding carboxylic acids is 1. The van der Waals surface area contributed by atoms with Crippen molar-refractivity contribution in [1.29, 1.82) is 0 Å². The van der Waals surface area contributed by atoms with Gasteiger partial charge < -0.3 is 10.6 Å². The van der Waals surface area contributed by atoms with Crippen LogP contribution in [0.1, 0.15) is 36.1 Å². The zero-order valence-corrected chi connectivity index (χ0v) is 14.0. The average molecular weight is 329 g/mol. The molecule has 0 saturated heterocycles. The molecule has 0 unspecified atom stereocenters. The van der Waals surface area contributed by atoms with Gasteiger partial charge in [0.05, 0.1) is 6.54 Å². The summed E-state index contributed by atoms with van der Waals surface area (Å²) in [5.74, 6) is -0.0400. The van der Waals surface area contributed by atoms with Crippen LogP contribution in [0.5, 0.6) is 0 Å². The quantitative estimate of drug-likeness (QED) is 0.867. The summed E-state index contributed by atoms with van der Waals surface area (Å²) in [5, 5.41) is 6.89. The highest BCUT2D eigenvalue weighted by Gasteiger charge is 2.13. The van der Waals surface area contributed by atoms with E-state index in [-0.39, 0.29) is 18.5 Å². The standard InChI is InChI=1S/C19H21ClN2O/c1-13(17-7-2-3-8-18(17)20)21-12-19(23)22-16-10-9-14-5-4-6-15(14)11-16/h2-3,7-11,13,21H,4-6,12H2,1H3,(H,22,23)/t13-/m0/s1. The molecule has 1 aliphatic carbocycles. The summed E-state index contributed by atoms with van der Waals surface area (Å²) >= 11 is 6.18. The van der Waals surface area contributed by atoms with Crippen molar-refractivity contribution < 1.29 is 4.79 Å². The number of aryl methyl sites for hydroxylation is 2. The molecule has 1 aliphatic rings. The first-order valence-corrected chi connectivity index (χ1v) is 8.41. The Morgan fingerprint density at radius 3 is 2.78 bits per heavy atom. The van der Waals surface area contributed by atoms with E-state index in [2.05, 4.69) is 22.8 Å². The van der Waals surface area contributed by atoms with Gasteiger partial charge in [0.15, 0.2) is 0 Å². The molecule has 2 N–H and O–H groups in total. The summed E-state index contributed by atoms with van der Waals surface area (Å²) in [6.07, 6.45) is 3.48. The Morgan fingerprint density at radius 1 is 1.17 bits per heavy atom. The number of halogens is 1. The van der Waals surface area contributed by atoms with Crippen LogP contribution in [0.4, 0.5) is 5.69 Å². The molecule has 23 heavy (non-hydrogen) atoms. The second kappa shape index (κ2) is 7.16. The lowest BCUT2D eigenvalue weighted by atomic mass is 10.1. The first-order valence-electron chi connectivity index (χ1n) is 8.03. The second-order valence-electron chi connectivity index (χ2n) is 6.01. The molecular formula is C19H21ClN2O. The number of fused-ring (bicyclic) bond motifs is 1. The van der Waals surface area contributed by atoms with Crippen LogP contribution < -0.4 is 10.6 Å². The van der Waals surface area contributed by atoms with Gasteiger partial charge in [-0.25, -0.2) is 0 Å². The SMILES string of the molecule is C[C@H](NCC(=O)Nc1ccc2c(c1)CCC2)c1ccccc1Cl. The fourth-order valence-corrected chi connectivity index (χ4v) is 3.34. The number of hydrogen-bond acceptors (Lipinski definition) is 2. The minimum Gasteiger partial charge on any atom is -0.325 e. The molecule has 0 aromatic heterocycles. The molecule has 3 nitrogen and oxygen atoms in total. The van der Waals surface area contributed by atoms with Gasteiger partial charge in [-0.15, -0.1) is 0 Å². The van der Waals surface area contributed by atoms with E-state index in [1.165, 1.54) is 17.5 Å². The molecule has 0 bridgehead atoms. The molecule has 120 valence electrons. The van der Waals surface area contributed by atoms with Crippen LogP contribution in [-0.4, -0.2) is 12.5 Å². The van der Waals surface area contributed by atoms with Gasteiger partial charge in [-0.05, 0) is 61.1 Å². The minimum absolute atomic E-state index is 0.0227. The lowest BCUT2D eigenvalue weighted by Gasteiger charge is -2.15. The lowest BCUT2D eigenvalue weighted by molar-refractivity contribution is -0.115. The summed E-state index contributed by atoms with van der Waals surface area (Å²) in [4.78, 5) is 12.1. The first kappa shape index (κ1) is 16.0. The van der Waals surface area contributed by atoms with Gasteiger partial charge in [-0.3, -0.25) is 4.79 Å². The highest BCUT2D eigenvalue weighted by Crippen LogP contribution is 2.25. The number of amides is 1. The Morgan fingerprint density at radius 2 is 1.96 bits per heavy atom. The van der Waals surface area contributed by atoms with Gasteiger partial charge in [0.1, 0.15) is 0 Å². The molecule has 2 aromatic rings. The van der Waals surface area contributed by atoms with Crippen molar-refractivity contribution in [3.05, 3.63) is 64.2 Å². The number of nitrogens with one attached hydrogen (secondary N) is 2. The number of benzene rings is 2. The van der Waals surface area contributed by atoms with Crippen molar-refractivity contribution in [1.82, 2.24) is 5.32 Å². The van der Waals surface area contributed by atoms with E-state index in [0.29, 0.717) is 5.02 Å². The van der Waals surface area contributed by atoms with Crippen LogP contribution in [0.2, 0.25) is 5.02 Å². The summed E-state index contributed by atoms with van der Waals surface area (Å²) in [6, 6.07) is 13.9. The summed E-state index contributed by atoms with van der Waals surface area (Å²) in [5.41, 5.74) is 4.65. The van der Waals surface area contributed by atoms with E-state index in [0.717, 1.165) is 24.1 Å². The third kappa shape index (κ3) is 3.92. The number of anilines is 1. The van der Waals surface area contributed by atoms with E-state index in [4.69, 9.17) is 11.6 Å². The van der Waals surface area contributed by atoms with Crippen LogP contribution in [0.25, 0.3) is 0 Å². The van der Waals surface area contributed by atoms with Crippen molar-refractivity contribution in [2.45, 2.75) is 32.2 Å². The normalized spacial score (nSPS) is 14.3. The van der Waals surface area contributed by atoms with E-state index < -0.39 is 0 Å². The molecule has 0 aliphatic heterocycles. The molecule has 1 atom stereocenters. The fraction of sp³-hybridized carbons (Fsp3) is 0.316. The zero-order valence-electron chi connectivity index (χ0n) is 13.2. The van der Waals surface area contributed by atoms with Gasteiger partial charge in [0, 0.05) is 16.8 Å². The number of hydrogen-bond donors (Lipinski definition) is 2. The average Bonchev–Trinajstić information content (AvgIpc) is 3.01. The van der Waals surface area contributed by atoms with Gasteiger partial charge >= 0.3 is 0 Å². The molecule has 4 heteroatoms. The van der Waals surface area contributed by atoms with Crippen molar-refractivity contribution in [2.24, 2.45) is 0 Å². The second-order valence-corrected chi connectivity index (χ2v) is 6.42. The van der Waals surface area contributed by atoms with Crippen molar-refractivity contribution in [2.75, 3.05) is 11.9 Å². The highest BCUT2D eigenvalue weighted by molar-refractivity contribution is 6.31. The predicted molar refractivity (Wildman–Crippen MR) is 95.0 cm³/mol. The van der Waals surface area contributed by atoms with Crippen molar-refractivity contribution in [3.63, 3.8) is 0 Å². The Bertz CT molecular complexity index is 714. The Labute approximate surface area is 142 Å². The Kier molecular flexibility index (Phi) is 4.99. The van der Waals surface area contributed by atoms with E-state index in [1.807, 2.05) is 37.3 Å². The van der Waals surface area contributed by atoms with Gasteiger partial charge in [0.2, 0.25) is 5.91 Å². The largest absolute Gasteiger partial charge is 0.325 e. The molecule has 0 radical (unpaired) electrons. The molecule has 3 rings (SSSR count). The Hall–Kier alpha value is -1.84. The Balaban J connectivity index is 1.54. The highest BCUT2D eigenvalue weighted by atomic mass is 35.5. The summed E-state index contributed by atoms with van der Waals surface area (Å²) in [6.45, 7) is 2.26. The molecule has 1 amide bonds. The molecule has 0 heterocycles. The van der Waals surface area contributed by atoms with Gasteiger partial charge in [0.25, 0.3) is 0 Å². The third-order valence-corrected chi connectivity index (χ3v) is 4.67. The third-order valence-electron chi connectivity index (χ3n) is 4.32. The molecule has 0 saturated carbocycles. The molecule has 0 spiro atoms. The lowest BCUT2D eigenvalue weighted by Crippen LogP contribution is -2.30. The van der Waals surface area contributed by atoms with Crippen LogP contribution >= 0.6 is 11.6 Å². The molecule has 0 fully saturated rings. The number of carbonyl (C=O) groups is 1. The summed E-state index contributed by atoms with van der Waals surface area (Å²) in [7, 11) is 0. The van der Waals surface area contributed by atoms with Crippen LogP contribution in [-0.2, 0) is 17.6 Å². The zero-order chi connectivity index (χ0) is 16.2. The maximum Gasteiger partial charge on any atom is 0.238 e. The van der Waals surface area contributed by atoms with E-state index >= 15 is 0 Å². The maximum absolute atomic E-state index is 12.1. The van der Waals surface area contributed by atoms with E-state index in [1.54, 1.807) is 0 Å². The monoisotopic (exact) mass is 328 g/mol. The van der Waals surface area contributed by atoms with Crippen molar-refractivity contribution in [3.8, 4) is 0 Å². The molecular weight excluding hydrogens is 308 g/mol. The topological polar surface area (TPSA) is 41.1 Å². The van der Waals surface area contributed by atoms with Gasteiger partial charge in [-0.2, -0.15) is 0 Å². The predicted octanol–water partition coefficient (Wildman–Crippen LogP) is 4.12. The fourth-order valence-electron chi connectivity index (χ4n) is 3.04. The summed E-state index contributed by atoms with van der Waals surface area (Å²) < 4.78 is 0. The first-order chi connectivity index (χ1) is 11.1. The van der Waals surface area contributed by atoms with E-state index in [9.17, 15) is 4.79 Å². The smallest absolute Gasteiger partial charge is 0.238 e. The van der Waals surface area contributed by atoms with Gasteiger partial charge in [-0.1, -0.05) is 35.9 Å². The van der Waals surface area contributed by atoms with Crippen LogP contribution in [0.3, 0.4) is 0 Å². The molecule has 2 aromatic carbocycles.